The monoisotopic (exact) mass is 515 g/mol. The highest BCUT2D eigenvalue weighted by atomic mass is 16.6. The summed E-state index contributed by atoms with van der Waals surface area (Å²) < 4.78 is 10.9. The van der Waals surface area contributed by atoms with Gasteiger partial charge in [-0.2, -0.15) is 0 Å². The topological polar surface area (TPSA) is 143 Å². The van der Waals surface area contributed by atoms with Gasteiger partial charge in [-0.1, -0.05) is 55.3 Å². The Bertz CT molecular complexity index is 960. The number of ether oxygens (including phenoxy) is 2. The molecule has 0 radical (unpaired) electrons. The van der Waals surface area contributed by atoms with Crippen molar-refractivity contribution in [3.05, 3.63) is 48.0 Å². The first kappa shape index (κ1) is 28.2. The second-order valence-electron chi connectivity index (χ2n) is 9.84. The van der Waals surface area contributed by atoms with Gasteiger partial charge < -0.3 is 30.5 Å². The van der Waals surface area contributed by atoms with Crippen LogP contribution >= 0.6 is 0 Å². The SMILES string of the molecule is C[C@@H](CO)NC(=O)C[C@H]1CC=CC[C@@H](NC(=O)OCc2ccccc2)C(=O)OCC2(CCCC2)NC1=O. The molecule has 1 aromatic carbocycles. The molecule has 10 heteroatoms. The number of amides is 3. The highest BCUT2D eigenvalue weighted by Gasteiger charge is 2.39. The maximum atomic E-state index is 13.2. The fraction of sp³-hybridized carbons (Fsp3) is 0.556. The Morgan fingerprint density at radius 1 is 1.16 bits per heavy atom. The van der Waals surface area contributed by atoms with E-state index in [9.17, 15) is 24.3 Å². The zero-order valence-corrected chi connectivity index (χ0v) is 21.2. The van der Waals surface area contributed by atoms with E-state index in [0.29, 0.717) is 12.8 Å². The third kappa shape index (κ3) is 8.89. The molecule has 3 rings (SSSR count). The molecule has 3 atom stereocenters. The zero-order valence-electron chi connectivity index (χ0n) is 21.2. The summed E-state index contributed by atoms with van der Waals surface area (Å²) in [5.41, 5.74) is 0.113. The molecule has 3 amide bonds. The van der Waals surface area contributed by atoms with Gasteiger partial charge in [0.2, 0.25) is 11.8 Å². The molecule has 202 valence electrons. The third-order valence-electron chi connectivity index (χ3n) is 6.67. The van der Waals surface area contributed by atoms with E-state index in [2.05, 4.69) is 16.0 Å². The molecule has 0 saturated heterocycles. The molecule has 0 bridgehead atoms. The normalized spacial score (nSPS) is 22.6. The van der Waals surface area contributed by atoms with Crippen LogP contribution in [0.1, 0.15) is 57.4 Å². The molecule has 2 aliphatic rings. The van der Waals surface area contributed by atoms with Crippen molar-refractivity contribution in [2.45, 2.75) is 76.1 Å². The largest absolute Gasteiger partial charge is 0.462 e. The van der Waals surface area contributed by atoms with Crippen molar-refractivity contribution in [3.63, 3.8) is 0 Å². The van der Waals surface area contributed by atoms with Crippen LogP contribution in [0, 0.1) is 5.92 Å². The number of allylic oxidation sites excluding steroid dienone is 1. The molecule has 1 aliphatic heterocycles. The number of benzene rings is 1. The van der Waals surface area contributed by atoms with Crippen molar-refractivity contribution >= 4 is 23.9 Å². The van der Waals surface area contributed by atoms with Crippen LogP contribution in [0.3, 0.4) is 0 Å². The molecule has 1 aromatic rings. The molecule has 1 heterocycles. The van der Waals surface area contributed by atoms with Gasteiger partial charge in [-0.05, 0) is 38.2 Å². The number of hydrogen-bond donors (Lipinski definition) is 4. The van der Waals surface area contributed by atoms with E-state index in [1.54, 1.807) is 19.1 Å². The second-order valence-corrected chi connectivity index (χ2v) is 9.84. The summed E-state index contributed by atoms with van der Waals surface area (Å²) in [5, 5.41) is 17.5. The number of aliphatic hydroxyl groups excluding tert-OH is 1. The van der Waals surface area contributed by atoms with Crippen LogP contribution in [0.4, 0.5) is 4.79 Å². The molecule has 10 nitrogen and oxygen atoms in total. The summed E-state index contributed by atoms with van der Waals surface area (Å²) in [5.74, 6) is -1.82. The quantitative estimate of drug-likeness (QED) is 0.322. The number of aliphatic hydroxyl groups is 1. The molecule has 1 spiro atoms. The predicted molar refractivity (Wildman–Crippen MR) is 135 cm³/mol. The van der Waals surface area contributed by atoms with Gasteiger partial charge in [-0.25, -0.2) is 9.59 Å². The van der Waals surface area contributed by atoms with E-state index < -0.39 is 35.6 Å². The Labute approximate surface area is 217 Å². The van der Waals surface area contributed by atoms with E-state index >= 15 is 0 Å². The van der Waals surface area contributed by atoms with E-state index in [1.807, 2.05) is 30.3 Å². The van der Waals surface area contributed by atoms with Crippen molar-refractivity contribution in [1.82, 2.24) is 16.0 Å². The average molecular weight is 516 g/mol. The number of carbonyl (C=O) groups excluding carboxylic acids is 4. The Morgan fingerprint density at radius 2 is 1.86 bits per heavy atom. The maximum absolute atomic E-state index is 13.2. The van der Waals surface area contributed by atoms with Crippen LogP contribution in [0.2, 0.25) is 0 Å². The van der Waals surface area contributed by atoms with Gasteiger partial charge in [0.25, 0.3) is 0 Å². The molecule has 0 unspecified atom stereocenters. The third-order valence-corrected chi connectivity index (χ3v) is 6.67. The van der Waals surface area contributed by atoms with E-state index in [0.717, 1.165) is 18.4 Å². The smallest absolute Gasteiger partial charge is 0.408 e. The van der Waals surface area contributed by atoms with Gasteiger partial charge in [-0.3, -0.25) is 9.59 Å². The summed E-state index contributed by atoms with van der Waals surface area (Å²) in [4.78, 5) is 50.9. The van der Waals surface area contributed by atoms with Crippen LogP contribution in [-0.2, 0) is 30.5 Å². The molecule has 1 saturated carbocycles. The van der Waals surface area contributed by atoms with Gasteiger partial charge in [-0.15, -0.1) is 0 Å². The van der Waals surface area contributed by atoms with E-state index in [4.69, 9.17) is 9.47 Å². The summed E-state index contributed by atoms with van der Waals surface area (Å²) in [6.45, 7) is 1.54. The number of hydrogen-bond acceptors (Lipinski definition) is 7. The number of rotatable bonds is 7. The fourth-order valence-corrected chi connectivity index (χ4v) is 4.53. The highest BCUT2D eigenvalue weighted by molar-refractivity contribution is 5.86. The summed E-state index contributed by atoms with van der Waals surface area (Å²) in [6.07, 6.45) is 6.13. The number of esters is 1. The molecule has 4 N–H and O–H groups in total. The van der Waals surface area contributed by atoms with Crippen LogP contribution in [0.15, 0.2) is 42.5 Å². The van der Waals surface area contributed by atoms with Crippen LogP contribution < -0.4 is 16.0 Å². The van der Waals surface area contributed by atoms with E-state index in [-0.39, 0.29) is 50.9 Å². The Kier molecular flexibility index (Phi) is 10.5. The first-order valence-electron chi connectivity index (χ1n) is 12.8. The second kappa shape index (κ2) is 13.8. The summed E-state index contributed by atoms with van der Waals surface area (Å²) >= 11 is 0. The molecular weight excluding hydrogens is 478 g/mol. The van der Waals surface area contributed by atoms with Gasteiger partial charge >= 0.3 is 12.1 Å². The van der Waals surface area contributed by atoms with Crippen molar-refractivity contribution < 1.29 is 33.8 Å². The molecule has 1 aliphatic carbocycles. The first-order chi connectivity index (χ1) is 17.8. The Morgan fingerprint density at radius 3 is 2.57 bits per heavy atom. The lowest BCUT2D eigenvalue weighted by atomic mass is 9.93. The lowest BCUT2D eigenvalue weighted by Gasteiger charge is -2.32. The fourth-order valence-electron chi connectivity index (χ4n) is 4.53. The number of carbonyl (C=O) groups is 4. The maximum Gasteiger partial charge on any atom is 0.408 e. The van der Waals surface area contributed by atoms with Crippen LogP contribution in [-0.4, -0.2) is 59.8 Å². The minimum Gasteiger partial charge on any atom is -0.462 e. The number of cyclic esters (lactones) is 1. The molecule has 0 aromatic heterocycles. The lowest BCUT2D eigenvalue weighted by molar-refractivity contribution is -0.149. The van der Waals surface area contributed by atoms with Crippen LogP contribution in [0.5, 0.6) is 0 Å². The zero-order chi connectivity index (χ0) is 26.7. The summed E-state index contributed by atoms with van der Waals surface area (Å²) in [7, 11) is 0. The highest BCUT2D eigenvalue weighted by Crippen LogP contribution is 2.31. The minimum atomic E-state index is -0.958. The standard InChI is InChI=1S/C27H37N3O7/c1-19(16-31)28-23(32)15-21-11-5-6-12-22(29-26(35)36-17-20-9-3-2-4-10-20)25(34)37-18-27(30-24(21)33)13-7-8-14-27/h2-6,9-10,19,21-22,31H,7-8,11-18H2,1H3,(H,28,32)(H,29,35)(H,30,33)/t19-,21+,22+/m0/s1. The van der Waals surface area contributed by atoms with Gasteiger partial charge in [0.15, 0.2) is 0 Å². The first-order valence-corrected chi connectivity index (χ1v) is 12.8. The predicted octanol–water partition coefficient (Wildman–Crippen LogP) is 2.11. The lowest BCUT2D eigenvalue weighted by Crippen LogP contribution is -2.53. The van der Waals surface area contributed by atoms with E-state index in [1.165, 1.54) is 0 Å². The molecule has 37 heavy (non-hydrogen) atoms. The number of alkyl carbamates (subject to hydrolysis) is 1. The molecule has 1 fully saturated rings. The minimum absolute atomic E-state index is 0.0149. The Balaban J connectivity index is 1.69. The van der Waals surface area contributed by atoms with Gasteiger partial charge in [0.1, 0.15) is 19.3 Å². The van der Waals surface area contributed by atoms with Gasteiger partial charge in [0, 0.05) is 12.5 Å². The van der Waals surface area contributed by atoms with Gasteiger partial charge in [0.05, 0.1) is 18.1 Å². The van der Waals surface area contributed by atoms with Crippen molar-refractivity contribution in [3.8, 4) is 0 Å². The molecular formula is C27H37N3O7. The summed E-state index contributed by atoms with van der Waals surface area (Å²) in [6, 6.07) is 7.84. The van der Waals surface area contributed by atoms with Crippen molar-refractivity contribution in [2.75, 3.05) is 13.2 Å². The van der Waals surface area contributed by atoms with Crippen molar-refractivity contribution in [2.24, 2.45) is 5.92 Å². The van der Waals surface area contributed by atoms with Crippen molar-refractivity contribution in [1.29, 1.82) is 0 Å². The number of nitrogens with one attached hydrogen (secondary N) is 3. The average Bonchev–Trinajstić information content (AvgIpc) is 3.35. The van der Waals surface area contributed by atoms with Crippen LogP contribution in [0.25, 0.3) is 0 Å². The Hall–Kier alpha value is -3.40.